The van der Waals surface area contributed by atoms with Crippen LogP contribution in [0.1, 0.15) is 35.2 Å². The Hall–Kier alpha value is -2.29. The molecule has 0 aliphatic carbocycles. The molecule has 0 aliphatic heterocycles. The molecule has 0 saturated carbocycles. The second kappa shape index (κ2) is 6.44. The van der Waals surface area contributed by atoms with Crippen LogP contribution in [0.3, 0.4) is 0 Å². The molecule has 2 aromatic rings. The maximum atomic E-state index is 11.2. The third kappa shape index (κ3) is 3.85. The van der Waals surface area contributed by atoms with E-state index in [1.54, 1.807) is 0 Å². The van der Waals surface area contributed by atoms with Gasteiger partial charge in [0.15, 0.2) is 0 Å². The number of hydrogen-bond acceptors (Lipinski definition) is 2. The van der Waals surface area contributed by atoms with E-state index in [0.29, 0.717) is 0 Å². The highest BCUT2D eigenvalue weighted by atomic mass is 16.1. The Morgan fingerprint density at radius 1 is 1.19 bits per heavy atom. The SMILES string of the molecule is Cc1ccc(C)c(C(C)Nc2ccccc2CC(N)=O)c1. The quantitative estimate of drug-likeness (QED) is 0.881. The highest BCUT2D eigenvalue weighted by Gasteiger charge is 2.11. The highest BCUT2D eigenvalue weighted by molar-refractivity contribution is 5.78. The number of anilines is 1. The van der Waals surface area contributed by atoms with Gasteiger partial charge in [0, 0.05) is 11.7 Å². The Morgan fingerprint density at radius 2 is 1.90 bits per heavy atom. The summed E-state index contributed by atoms with van der Waals surface area (Å²) in [6, 6.07) is 14.4. The van der Waals surface area contributed by atoms with E-state index in [9.17, 15) is 4.79 Å². The Labute approximate surface area is 126 Å². The average Bonchev–Trinajstić information content (AvgIpc) is 2.43. The fourth-order valence-corrected chi connectivity index (χ4v) is 2.54. The zero-order chi connectivity index (χ0) is 15.4. The lowest BCUT2D eigenvalue weighted by atomic mass is 9.99. The summed E-state index contributed by atoms with van der Waals surface area (Å²) in [4.78, 5) is 11.2. The van der Waals surface area contributed by atoms with Gasteiger partial charge in [0.25, 0.3) is 0 Å². The zero-order valence-electron chi connectivity index (χ0n) is 12.8. The van der Waals surface area contributed by atoms with Gasteiger partial charge in [-0.25, -0.2) is 0 Å². The molecular formula is C18H22N2O. The number of primary amides is 1. The van der Waals surface area contributed by atoms with E-state index in [1.165, 1.54) is 16.7 Å². The minimum absolute atomic E-state index is 0.166. The molecule has 0 saturated heterocycles. The number of nitrogens with two attached hydrogens (primary N) is 1. The molecule has 3 heteroatoms. The van der Waals surface area contributed by atoms with Crippen molar-refractivity contribution in [1.29, 1.82) is 0 Å². The van der Waals surface area contributed by atoms with Crippen LogP contribution in [0.5, 0.6) is 0 Å². The van der Waals surface area contributed by atoms with Gasteiger partial charge in [-0.2, -0.15) is 0 Å². The molecular weight excluding hydrogens is 260 g/mol. The monoisotopic (exact) mass is 282 g/mol. The van der Waals surface area contributed by atoms with E-state index >= 15 is 0 Å². The topological polar surface area (TPSA) is 55.1 Å². The summed E-state index contributed by atoms with van der Waals surface area (Å²) >= 11 is 0. The number of aryl methyl sites for hydroxylation is 2. The van der Waals surface area contributed by atoms with Crippen molar-refractivity contribution in [3.05, 3.63) is 64.7 Å². The molecule has 0 bridgehead atoms. The summed E-state index contributed by atoms with van der Waals surface area (Å²) in [5.41, 5.74) is 11.0. The van der Waals surface area contributed by atoms with Crippen LogP contribution in [0, 0.1) is 13.8 Å². The smallest absolute Gasteiger partial charge is 0.221 e. The molecule has 2 rings (SSSR count). The van der Waals surface area contributed by atoms with Crippen molar-refractivity contribution >= 4 is 11.6 Å². The molecule has 1 amide bonds. The summed E-state index contributed by atoms with van der Waals surface area (Å²) in [7, 11) is 0. The molecule has 1 atom stereocenters. The third-order valence-corrected chi connectivity index (χ3v) is 3.66. The maximum absolute atomic E-state index is 11.2. The lowest BCUT2D eigenvalue weighted by Gasteiger charge is -2.20. The Bertz CT molecular complexity index is 649. The molecule has 0 radical (unpaired) electrons. The molecule has 3 nitrogen and oxygen atoms in total. The maximum Gasteiger partial charge on any atom is 0.221 e. The van der Waals surface area contributed by atoms with Crippen molar-refractivity contribution in [2.24, 2.45) is 5.73 Å². The highest BCUT2D eigenvalue weighted by Crippen LogP contribution is 2.25. The normalized spacial score (nSPS) is 12.0. The molecule has 0 fully saturated rings. The predicted octanol–water partition coefficient (Wildman–Crippen LogP) is 3.50. The molecule has 0 aliphatic rings. The summed E-state index contributed by atoms with van der Waals surface area (Å²) in [6.07, 6.45) is 0.253. The van der Waals surface area contributed by atoms with Gasteiger partial charge in [-0.15, -0.1) is 0 Å². The molecule has 21 heavy (non-hydrogen) atoms. The van der Waals surface area contributed by atoms with E-state index in [1.807, 2.05) is 24.3 Å². The van der Waals surface area contributed by atoms with E-state index in [2.05, 4.69) is 44.3 Å². The Kier molecular flexibility index (Phi) is 4.63. The standard InChI is InChI=1S/C18H22N2O/c1-12-8-9-13(2)16(10-12)14(3)20-17-7-5-4-6-15(17)11-18(19)21/h4-10,14,20H,11H2,1-3H3,(H2,19,21). The van der Waals surface area contributed by atoms with Crippen molar-refractivity contribution in [3.63, 3.8) is 0 Å². The zero-order valence-corrected chi connectivity index (χ0v) is 12.8. The largest absolute Gasteiger partial charge is 0.378 e. The number of carbonyl (C=O) groups excluding carboxylic acids is 1. The fraction of sp³-hybridized carbons (Fsp3) is 0.278. The van der Waals surface area contributed by atoms with E-state index in [4.69, 9.17) is 5.73 Å². The summed E-state index contributed by atoms with van der Waals surface area (Å²) in [6.45, 7) is 6.34. The predicted molar refractivity (Wildman–Crippen MR) is 87.3 cm³/mol. The van der Waals surface area contributed by atoms with Crippen molar-refractivity contribution < 1.29 is 4.79 Å². The van der Waals surface area contributed by atoms with Crippen molar-refractivity contribution in [3.8, 4) is 0 Å². The van der Waals surface area contributed by atoms with Crippen LogP contribution in [0.2, 0.25) is 0 Å². The van der Waals surface area contributed by atoms with Gasteiger partial charge < -0.3 is 11.1 Å². The van der Waals surface area contributed by atoms with Gasteiger partial charge in [-0.05, 0) is 43.5 Å². The average molecular weight is 282 g/mol. The molecule has 0 heterocycles. The minimum Gasteiger partial charge on any atom is -0.378 e. The lowest BCUT2D eigenvalue weighted by molar-refractivity contribution is -0.117. The summed E-state index contributed by atoms with van der Waals surface area (Å²) < 4.78 is 0. The second-order valence-electron chi connectivity index (χ2n) is 5.53. The Balaban J connectivity index is 2.25. The number of rotatable bonds is 5. The van der Waals surface area contributed by atoms with E-state index in [0.717, 1.165) is 11.3 Å². The van der Waals surface area contributed by atoms with Crippen LogP contribution in [0.4, 0.5) is 5.69 Å². The van der Waals surface area contributed by atoms with E-state index < -0.39 is 0 Å². The van der Waals surface area contributed by atoms with Crippen LogP contribution >= 0.6 is 0 Å². The number of para-hydroxylation sites is 1. The van der Waals surface area contributed by atoms with Gasteiger partial charge in [0.2, 0.25) is 5.91 Å². The molecule has 0 spiro atoms. The first-order valence-corrected chi connectivity index (χ1v) is 7.17. The van der Waals surface area contributed by atoms with Crippen LogP contribution < -0.4 is 11.1 Å². The van der Waals surface area contributed by atoms with Gasteiger partial charge in [0.1, 0.15) is 0 Å². The second-order valence-corrected chi connectivity index (χ2v) is 5.53. The Morgan fingerprint density at radius 3 is 2.62 bits per heavy atom. The first-order chi connectivity index (χ1) is 9.97. The van der Waals surface area contributed by atoms with Crippen molar-refractivity contribution in [2.75, 3.05) is 5.32 Å². The van der Waals surface area contributed by atoms with Crippen LogP contribution in [0.25, 0.3) is 0 Å². The number of amides is 1. The summed E-state index contributed by atoms with van der Waals surface area (Å²) in [5.74, 6) is -0.316. The first kappa shape index (κ1) is 15.1. The van der Waals surface area contributed by atoms with E-state index in [-0.39, 0.29) is 18.4 Å². The molecule has 2 aromatic carbocycles. The van der Waals surface area contributed by atoms with Gasteiger partial charge >= 0.3 is 0 Å². The third-order valence-electron chi connectivity index (χ3n) is 3.66. The number of benzene rings is 2. The fourth-order valence-electron chi connectivity index (χ4n) is 2.54. The molecule has 110 valence electrons. The first-order valence-electron chi connectivity index (χ1n) is 7.17. The molecule has 3 N–H and O–H groups in total. The van der Waals surface area contributed by atoms with Crippen molar-refractivity contribution in [2.45, 2.75) is 33.2 Å². The number of nitrogens with one attached hydrogen (secondary N) is 1. The van der Waals surface area contributed by atoms with Crippen LogP contribution in [-0.4, -0.2) is 5.91 Å². The van der Waals surface area contributed by atoms with Crippen LogP contribution in [0.15, 0.2) is 42.5 Å². The van der Waals surface area contributed by atoms with Crippen molar-refractivity contribution in [1.82, 2.24) is 0 Å². The van der Waals surface area contributed by atoms with Gasteiger partial charge in [0.05, 0.1) is 6.42 Å². The van der Waals surface area contributed by atoms with Gasteiger partial charge in [-0.3, -0.25) is 4.79 Å². The van der Waals surface area contributed by atoms with Gasteiger partial charge in [-0.1, -0.05) is 42.0 Å². The number of carbonyl (C=O) groups is 1. The summed E-state index contributed by atoms with van der Waals surface area (Å²) in [5, 5.41) is 3.49. The lowest BCUT2D eigenvalue weighted by Crippen LogP contribution is -2.16. The number of hydrogen-bond donors (Lipinski definition) is 2. The molecule has 0 aromatic heterocycles. The minimum atomic E-state index is -0.316. The van der Waals surface area contributed by atoms with Crippen LogP contribution in [-0.2, 0) is 11.2 Å². The molecule has 1 unspecified atom stereocenters.